The van der Waals surface area contributed by atoms with Gasteiger partial charge in [-0.05, 0) is 6.07 Å². The van der Waals surface area contributed by atoms with Crippen LogP contribution in [0.3, 0.4) is 0 Å². The minimum absolute atomic E-state index is 0.00188. The van der Waals surface area contributed by atoms with E-state index < -0.39 is 34.0 Å². The number of nitrogens with zero attached hydrogens (tertiary/aromatic N) is 1. The molecule has 0 bridgehead atoms. The van der Waals surface area contributed by atoms with Crippen molar-refractivity contribution >= 4 is 42.1 Å². The number of hydrogen-bond donors (Lipinski definition) is 3. The van der Waals surface area contributed by atoms with Crippen molar-refractivity contribution in [3.63, 3.8) is 0 Å². The Balaban J connectivity index is 2.28. The van der Waals surface area contributed by atoms with Gasteiger partial charge >= 0.3 is 5.97 Å². The molecule has 1 aromatic carbocycles. The second kappa shape index (κ2) is 7.92. The summed E-state index contributed by atoms with van der Waals surface area (Å²) in [6, 6.07) is 5.53. The standard InChI is InChI=1S/C18H23NO5S2/c1-18(2,3)15(22)13(25)8-14(21)19-11(17(23)24)9-26-16(19)10-6-4-5-7-12(10)20/h4-7,11,13,16,20,25H,8-9H2,1-3H3,(H,23,24)/t11-,13?,16?/m0/s1. The molecule has 0 saturated carbocycles. The Morgan fingerprint density at radius 2 is 1.92 bits per heavy atom. The van der Waals surface area contributed by atoms with E-state index in [-0.39, 0.29) is 23.7 Å². The average Bonchev–Trinajstić information content (AvgIpc) is 2.98. The molecule has 1 aliphatic heterocycles. The van der Waals surface area contributed by atoms with Gasteiger partial charge in [0.15, 0.2) is 5.78 Å². The lowest BCUT2D eigenvalue weighted by molar-refractivity contribution is -0.149. The molecule has 2 N–H and O–H groups in total. The molecule has 26 heavy (non-hydrogen) atoms. The summed E-state index contributed by atoms with van der Waals surface area (Å²) in [5.74, 6) is -1.53. The van der Waals surface area contributed by atoms with Gasteiger partial charge in [-0.15, -0.1) is 11.8 Å². The highest BCUT2D eigenvalue weighted by atomic mass is 32.2. The Hall–Kier alpha value is -1.67. The van der Waals surface area contributed by atoms with Gasteiger partial charge in [-0.3, -0.25) is 9.59 Å². The molecule has 8 heteroatoms. The number of benzene rings is 1. The van der Waals surface area contributed by atoms with Crippen LogP contribution in [-0.4, -0.2) is 49.8 Å². The van der Waals surface area contributed by atoms with Crippen LogP contribution in [0, 0.1) is 5.41 Å². The zero-order chi connectivity index (χ0) is 19.6. The number of Topliss-reactive ketones (excluding diaryl/α,β-unsaturated/α-hetero) is 1. The molecule has 1 saturated heterocycles. The number of carbonyl (C=O) groups excluding carboxylic acids is 2. The number of carbonyl (C=O) groups is 3. The fourth-order valence-electron chi connectivity index (χ4n) is 2.80. The maximum absolute atomic E-state index is 12.9. The third kappa shape index (κ3) is 4.35. The van der Waals surface area contributed by atoms with Crippen molar-refractivity contribution < 1.29 is 24.6 Å². The predicted molar refractivity (Wildman–Crippen MR) is 103 cm³/mol. The van der Waals surface area contributed by atoms with E-state index in [1.807, 2.05) is 0 Å². The predicted octanol–water partition coefficient (Wildman–Crippen LogP) is 2.72. The van der Waals surface area contributed by atoms with Gasteiger partial charge in [0.05, 0.1) is 5.25 Å². The van der Waals surface area contributed by atoms with Gasteiger partial charge in [0.2, 0.25) is 5.91 Å². The van der Waals surface area contributed by atoms with Crippen LogP contribution in [0.4, 0.5) is 0 Å². The Kier molecular flexibility index (Phi) is 6.29. The number of amides is 1. The second-order valence-electron chi connectivity index (χ2n) is 7.23. The molecule has 1 aromatic rings. The molecule has 2 rings (SSSR count). The van der Waals surface area contributed by atoms with Gasteiger partial charge in [-0.2, -0.15) is 12.6 Å². The first-order chi connectivity index (χ1) is 12.0. The fraction of sp³-hybridized carbons (Fsp3) is 0.500. The number of aliphatic carboxylic acids is 1. The van der Waals surface area contributed by atoms with Crippen LogP contribution in [0.2, 0.25) is 0 Å². The number of thioether (sulfide) groups is 1. The molecular weight excluding hydrogens is 374 g/mol. The molecule has 1 heterocycles. The maximum Gasteiger partial charge on any atom is 0.327 e. The molecule has 0 spiro atoms. The van der Waals surface area contributed by atoms with Gasteiger partial charge in [0.1, 0.15) is 17.2 Å². The number of hydrogen-bond acceptors (Lipinski definition) is 6. The Morgan fingerprint density at radius 1 is 1.31 bits per heavy atom. The molecule has 3 atom stereocenters. The van der Waals surface area contributed by atoms with E-state index in [2.05, 4.69) is 12.6 Å². The lowest BCUT2D eigenvalue weighted by Gasteiger charge is -2.29. The van der Waals surface area contributed by atoms with Crippen LogP contribution >= 0.6 is 24.4 Å². The third-order valence-electron chi connectivity index (χ3n) is 4.19. The first-order valence-corrected chi connectivity index (χ1v) is 9.76. The van der Waals surface area contributed by atoms with Crippen LogP contribution in [0.25, 0.3) is 0 Å². The van der Waals surface area contributed by atoms with E-state index in [4.69, 9.17) is 0 Å². The van der Waals surface area contributed by atoms with Crippen molar-refractivity contribution in [1.82, 2.24) is 4.90 Å². The highest BCUT2D eigenvalue weighted by molar-refractivity contribution is 7.99. The maximum atomic E-state index is 12.9. The molecule has 0 radical (unpaired) electrons. The van der Waals surface area contributed by atoms with E-state index in [9.17, 15) is 24.6 Å². The topological polar surface area (TPSA) is 94.9 Å². The Labute approximate surface area is 162 Å². The number of phenols is 1. The van der Waals surface area contributed by atoms with Crippen molar-refractivity contribution in [2.24, 2.45) is 5.41 Å². The molecule has 1 fully saturated rings. The van der Waals surface area contributed by atoms with E-state index >= 15 is 0 Å². The van der Waals surface area contributed by atoms with Gasteiger partial charge in [0.25, 0.3) is 0 Å². The lowest BCUT2D eigenvalue weighted by Crippen LogP contribution is -2.44. The minimum Gasteiger partial charge on any atom is -0.508 e. The first kappa shape index (κ1) is 20.6. The number of ketones is 1. The summed E-state index contributed by atoms with van der Waals surface area (Å²) in [5.41, 5.74) is -0.164. The molecule has 0 aliphatic carbocycles. The van der Waals surface area contributed by atoms with Gasteiger partial charge in [-0.25, -0.2) is 4.79 Å². The monoisotopic (exact) mass is 397 g/mol. The van der Waals surface area contributed by atoms with Crippen LogP contribution in [-0.2, 0) is 14.4 Å². The SMILES string of the molecule is CC(C)(C)C(=O)C(S)CC(=O)N1C(c2ccccc2O)SC[C@H]1C(=O)O. The number of carboxylic acids is 1. The quantitative estimate of drug-likeness (QED) is 0.662. The van der Waals surface area contributed by atoms with Crippen LogP contribution in [0.5, 0.6) is 5.75 Å². The summed E-state index contributed by atoms with van der Waals surface area (Å²) in [6.45, 7) is 5.25. The summed E-state index contributed by atoms with van der Waals surface area (Å²) >= 11 is 5.55. The Bertz CT molecular complexity index is 716. The average molecular weight is 398 g/mol. The number of rotatable bonds is 5. The molecular formula is C18H23NO5S2. The van der Waals surface area contributed by atoms with Gasteiger partial charge < -0.3 is 15.1 Å². The molecule has 142 valence electrons. The number of para-hydroxylation sites is 1. The van der Waals surface area contributed by atoms with E-state index in [0.717, 1.165) is 0 Å². The van der Waals surface area contributed by atoms with Crippen LogP contribution in [0.15, 0.2) is 24.3 Å². The number of carboxylic acid groups (broad SMARTS) is 1. The highest BCUT2D eigenvalue weighted by Crippen LogP contribution is 2.44. The number of aromatic hydroxyl groups is 1. The van der Waals surface area contributed by atoms with Gasteiger partial charge in [0, 0.05) is 23.2 Å². The highest BCUT2D eigenvalue weighted by Gasteiger charge is 2.44. The molecule has 1 aliphatic rings. The second-order valence-corrected chi connectivity index (χ2v) is 8.97. The fourth-order valence-corrected chi connectivity index (χ4v) is 4.82. The first-order valence-electron chi connectivity index (χ1n) is 8.20. The lowest BCUT2D eigenvalue weighted by atomic mass is 9.87. The summed E-state index contributed by atoms with van der Waals surface area (Å²) in [6.07, 6.45) is -0.187. The normalized spacial score (nSPS) is 21.5. The zero-order valence-electron chi connectivity index (χ0n) is 14.9. The van der Waals surface area contributed by atoms with Crippen molar-refractivity contribution in [2.75, 3.05) is 5.75 Å². The van der Waals surface area contributed by atoms with Crippen LogP contribution < -0.4 is 0 Å². The molecule has 0 aromatic heterocycles. The van der Waals surface area contributed by atoms with E-state index in [1.54, 1.807) is 39.0 Å². The summed E-state index contributed by atoms with van der Waals surface area (Å²) in [4.78, 5) is 38.0. The van der Waals surface area contributed by atoms with E-state index in [1.165, 1.54) is 22.7 Å². The molecule has 1 amide bonds. The minimum atomic E-state index is -1.11. The number of phenolic OH excluding ortho intramolecular Hbond substituents is 1. The molecule has 6 nitrogen and oxygen atoms in total. The van der Waals surface area contributed by atoms with Crippen molar-refractivity contribution in [2.45, 2.75) is 43.9 Å². The smallest absolute Gasteiger partial charge is 0.327 e. The summed E-state index contributed by atoms with van der Waals surface area (Å²) in [7, 11) is 0. The largest absolute Gasteiger partial charge is 0.508 e. The third-order valence-corrected chi connectivity index (χ3v) is 5.91. The van der Waals surface area contributed by atoms with Crippen molar-refractivity contribution in [1.29, 1.82) is 0 Å². The summed E-state index contributed by atoms with van der Waals surface area (Å²) < 4.78 is 0. The zero-order valence-corrected chi connectivity index (χ0v) is 16.6. The van der Waals surface area contributed by atoms with Crippen molar-refractivity contribution in [3.05, 3.63) is 29.8 Å². The Morgan fingerprint density at radius 3 is 2.46 bits per heavy atom. The van der Waals surface area contributed by atoms with Crippen LogP contribution in [0.1, 0.15) is 38.1 Å². The van der Waals surface area contributed by atoms with Gasteiger partial charge in [-0.1, -0.05) is 39.0 Å². The van der Waals surface area contributed by atoms with E-state index in [0.29, 0.717) is 5.56 Å². The number of thiol groups is 1. The summed E-state index contributed by atoms with van der Waals surface area (Å²) in [5, 5.41) is 18.2. The molecule has 2 unspecified atom stereocenters. The van der Waals surface area contributed by atoms with Crippen molar-refractivity contribution in [3.8, 4) is 5.75 Å².